The molecule has 0 radical (unpaired) electrons. The van der Waals surface area contributed by atoms with E-state index in [-0.39, 0.29) is 5.75 Å². The first-order valence-corrected chi connectivity index (χ1v) is 9.74. The van der Waals surface area contributed by atoms with Gasteiger partial charge in [0.2, 0.25) is 10.0 Å². The minimum Gasteiger partial charge on any atom is -0.364 e. The molecule has 1 aromatic heterocycles. The Labute approximate surface area is 143 Å². The van der Waals surface area contributed by atoms with Gasteiger partial charge in [0.15, 0.2) is 5.96 Å². The van der Waals surface area contributed by atoms with Crippen molar-refractivity contribution in [1.29, 1.82) is 0 Å². The number of aliphatic imine (C=N–C) groups is 1. The number of guanidine groups is 1. The number of rotatable bonds is 7. The fraction of sp³-hybridized carbons (Fsp3) is 0.714. The summed E-state index contributed by atoms with van der Waals surface area (Å²) in [7, 11) is -1.41. The molecule has 0 unspecified atom stereocenters. The largest absolute Gasteiger partial charge is 0.364 e. The molecule has 9 nitrogen and oxygen atoms in total. The SMILES string of the molecule is CCS(=O)(=O)NCCNC(=NC)N1CCN(Cc2ccon2)CC1. The normalized spacial score (nSPS) is 17.2. The smallest absolute Gasteiger partial charge is 0.211 e. The Balaban J connectivity index is 1.71. The van der Waals surface area contributed by atoms with Crippen molar-refractivity contribution < 1.29 is 12.9 Å². The van der Waals surface area contributed by atoms with E-state index < -0.39 is 10.0 Å². The summed E-state index contributed by atoms with van der Waals surface area (Å²) >= 11 is 0. The van der Waals surface area contributed by atoms with Crippen LogP contribution in [0.2, 0.25) is 0 Å². The molecule has 0 atom stereocenters. The lowest BCUT2D eigenvalue weighted by Crippen LogP contribution is -2.53. The van der Waals surface area contributed by atoms with Crippen LogP contribution in [0, 0.1) is 0 Å². The van der Waals surface area contributed by atoms with Gasteiger partial charge in [0.05, 0.1) is 11.4 Å². The van der Waals surface area contributed by atoms with E-state index in [9.17, 15) is 8.42 Å². The van der Waals surface area contributed by atoms with E-state index in [0.29, 0.717) is 13.1 Å². The highest BCUT2D eigenvalue weighted by molar-refractivity contribution is 7.89. The second-order valence-corrected chi connectivity index (χ2v) is 7.62. The zero-order valence-corrected chi connectivity index (χ0v) is 15.0. The fourth-order valence-corrected chi connectivity index (χ4v) is 3.10. The van der Waals surface area contributed by atoms with Crippen LogP contribution < -0.4 is 10.0 Å². The molecule has 0 saturated carbocycles. The molecule has 2 heterocycles. The van der Waals surface area contributed by atoms with Crippen LogP contribution in [0.1, 0.15) is 12.6 Å². The number of aromatic nitrogens is 1. The Kier molecular flexibility index (Phi) is 7.00. The maximum atomic E-state index is 11.4. The van der Waals surface area contributed by atoms with Gasteiger partial charge in [-0.1, -0.05) is 5.16 Å². The summed E-state index contributed by atoms with van der Waals surface area (Å²) in [4.78, 5) is 8.77. The Bertz CT molecular complexity index is 608. The molecule has 0 bridgehead atoms. The highest BCUT2D eigenvalue weighted by Gasteiger charge is 2.20. The van der Waals surface area contributed by atoms with E-state index >= 15 is 0 Å². The molecule has 0 aromatic carbocycles. The third-order valence-corrected chi connectivity index (χ3v) is 5.27. The van der Waals surface area contributed by atoms with Crippen molar-refractivity contribution in [3.8, 4) is 0 Å². The summed E-state index contributed by atoms with van der Waals surface area (Å²) in [5.41, 5.74) is 0.939. The number of hydrogen-bond donors (Lipinski definition) is 2. The monoisotopic (exact) mass is 358 g/mol. The first-order chi connectivity index (χ1) is 11.5. The Morgan fingerprint density at radius 3 is 2.67 bits per heavy atom. The highest BCUT2D eigenvalue weighted by atomic mass is 32.2. The van der Waals surface area contributed by atoms with Crippen LogP contribution in [0.5, 0.6) is 0 Å². The van der Waals surface area contributed by atoms with Gasteiger partial charge in [-0.05, 0) is 6.92 Å². The highest BCUT2D eigenvalue weighted by Crippen LogP contribution is 2.07. The Morgan fingerprint density at radius 1 is 1.33 bits per heavy atom. The molecule has 0 amide bonds. The predicted molar refractivity (Wildman–Crippen MR) is 92.2 cm³/mol. The van der Waals surface area contributed by atoms with E-state index in [2.05, 4.69) is 30.0 Å². The molecule has 24 heavy (non-hydrogen) atoms. The molecule has 2 N–H and O–H groups in total. The fourth-order valence-electron chi connectivity index (χ4n) is 2.48. The number of piperazine rings is 1. The number of hydrogen-bond acceptors (Lipinski definition) is 6. The zero-order chi connectivity index (χ0) is 17.4. The van der Waals surface area contributed by atoms with Crippen LogP contribution in [0.25, 0.3) is 0 Å². The van der Waals surface area contributed by atoms with Gasteiger partial charge in [0.1, 0.15) is 6.26 Å². The van der Waals surface area contributed by atoms with Crippen molar-refractivity contribution in [2.45, 2.75) is 13.5 Å². The third kappa shape index (κ3) is 5.77. The zero-order valence-electron chi connectivity index (χ0n) is 14.2. The first-order valence-electron chi connectivity index (χ1n) is 8.08. The molecule has 136 valence electrons. The summed E-state index contributed by atoms with van der Waals surface area (Å²) in [6.45, 7) is 6.80. The topological polar surface area (TPSA) is 103 Å². The van der Waals surface area contributed by atoms with Crippen LogP contribution >= 0.6 is 0 Å². The van der Waals surface area contributed by atoms with Crippen molar-refractivity contribution in [3.05, 3.63) is 18.0 Å². The minimum atomic E-state index is -3.14. The van der Waals surface area contributed by atoms with Crippen molar-refractivity contribution in [1.82, 2.24) is 25.0 Å². The average molecular weight is 358 g/mol. The van der Waals surface area contributed by atoms with E-state index in [4.69, 9.17) is 4.52 Å². The van der Waals surface area contributed by atoms with E-state index in [0.717, 1.165) is 44.4 Å². The number of nitrogens with zero attached hydrogens (tertiary/aromatic N) is 4. The summed E-state index contributed by atoms with van der Waals surface area (Å²) in [6.07, 6.45) is 1.59. The molecule has 10 heteroatoms. The van der Waals surface area contributed by atoms with Gasteiger partial charge in [-0.25, -0.2) is 13.1 Å². The van der Waals surface area contributed by atoms with Gasteiger partial charge in [0.25, 0.3) is 0 Å². The van der Waals surface area contributed by atoms with Gasteiger partial charge in [-0.3, -0.25) is 9.89 Å². The van der Waals surface area contributed by atoms with Crippen molar-refractivity contribution >= 4 is 16.0 Å². The molecule has 1 aliphatic heterocycles. The quantitative estimate of drug-likeness (QED) is 0.378. The molecule has 2 rings (SSSR count). The lowest BCUT2D eigenvalue weighted by Gasteiger charge is -2.36. The van der Waals surface area contributed by atoms with E-state index in [1.54, 1.807) is 20.2 Å². The van der Waals surface area contributed by atoms with Gasteiger partial charge in [-0.2, -0.15) is 0 Å². The van der Waals surface area contributed by atoms with Crippen LogP contribution in [-0.4, -0.2) is 81.4 Å². The van der Waals surface area contributed by atoms with Gasteiger partial charge >= 0.3 is 0 Å². The molecular formula is C14H26N6O3S. The molecular weight excluding hydrogens is 332 g/mol. The van der Waals surface area contributed by atoms with Crippen LogP contribution in [0.3, 0.4) is 0 Å². The maximum absolute atomic E-state index is 11.4. The second kappa shape index (κ2) is 9.00. The molecule has 1 aliphatic rings. The molecule has 1 fully saturated rings. The average Bonchev–Trinajstić information content (AvgIpc) is 3.09. The number of nitrogens with one attached hydrogen (secondary N) is 2. The summed E-state index contributed by atoms with van der Waals surface area (Å²) in [5.74, 6) is 0.890. The number of sulfonamides is 1. The van der Waals surface area contributed by atoms with E-state index in [1.807, 2.05) is 6.07 Å². The molecule has 0 aliphatic carbocycles. The summed E-state index contributed by atoms with van der Waals surface area (Å²) < 4.78 is 30.2. The van der Waals surface area contributed by atoms with Crippen LogP contribution in [0.15, 0.2) is 21.8 Å². The van der Waals surface area contributed by atoms with Crippen molar-refractivity contribution in [2.75, 3.05) is 52.1 Å². The van der Waals surface area contributed by atoms with Crippen molar-refractivity contribution in [2.24, 2.45) is 4.99 Å². The standard InChI is InChI=1S/C14H26N6O3S/c1-3-24(21,22)17-6-5-16-14(15-2)20-9-7-19(8-10-20)12-13-4-11-23-18-13/h4,11,17H,3,5-10,12H2,1-2H3,(H,15,16). The predicted octanol–water partition coefficient (Wildman–Crippen LogP) is -0.693. The summed E-state index contributed by atoms with van der Waals surface area (Å²) in [6, 6.07) is 1.88. The van der Waals surface area contributed by atoms with Crippen molar-refractivity contribution in [3.63, 3.8) is 0 Å². The van der Waals surface area contributed by atoms with Gasteiger partial charge < -0.3 is 14.7 Å². The second-order valence-electron chi connectivity index (χ2n) is 5.53. The molecule has 1 aromatic rings. The third-order valence-electron chi connectivity index (χ3n) is 3.87. The Morgan fingerprint density at radius 2 is 2.08 bits per heavy atom. The van der Waals surface area contributed by atoms with Crippen LogP contribution in [0.4, 0.5) is 0 Å². The molecule has 0 spiro atoms. The maximum Gasteiger partial charge on any atom is 0.211 e. The lowest BCUT2D eigenvalue weighted by atomic mass is 10.3. The first kappa shape index (κ1) is 18.7. The van der Waals surface area contributed by atoms with Crippen LogP contribution in [-0.2, 0) is 16.6 Å². The minimum absolute atomic E-state index is 0.0925. The Hall–Kier alpha value is -1.65. The molecule has 1 saturated heterocycles. The lowest BCUT2D eigenvalue weighted by molar-refractivity contribution is 0.169. The van der Waals surface area contributed by atoms with Gasteiger partial charge in [-0.15, -0.1) is 0 Å². The van der Waals surface area contributed by atoms with E-state index in [1.165, 1.54) is 0 Å². The van der Waals surface area contributed by atoms with Gasteiger partial charge in [0, 0.05) is 58.9 Å². The summed E-state index contributed by atoms with van der Waals surface area (Å²) in [5, 5.41) is 7.13.